The summed E-state index contributed by atoms with van der Waals surface area (Å²) in [5, 5.41) is 8.56. The second-order valence-electron chi connectivity index (χ2n) is 2.72. The van der Waals surface area contributed by atoms with Gasteiger partial charge in [0.15, 0.2) is 0 Å². The summed E-state index contributed by atoms with van der Waals surface area (Å²) in [6.07, 6.45) is 1.02. The molecule has 1 aliphatic heterocycles. The van der Waals surface area contributed by atoms with Crippen molar-refractivity contribution in [2.45, 2.75) is 19.4 Å². The van der Waals surface area contributed by atoms with Crippen LogP contribution in [0.1, 0.15) is 13.3 Å². The summed E-state index contributed by atoms with van der Waals surface area (Å²) in [5.41, 5.74) is 0. The van der Waals surface area contributed by atoms with Gasteiger partial charge in [-0.15, -0.1) is 0 Å². The van der Waals surface area contributed by atoms with Crippen molar-refractivity contribution in [2.75, 3.05) is 6.54 Å². The molecule has 0 aliphatic carbocycles. The van der Waals surface area contributed by atoms with E-state index < -0.39 is 0 Å². The van der Waals surface area contributed by atoms with Gasteiger partial charge >= 0.3 is 0 Å². The second kappa shape index (κ2) is 2.36. The van der Waals surface area contributed by atoms with E-state index in [1.807, 2.05) is 0 Å². The first kappa shape index (κ1) is 6.57. The van der Waals surface area contributed by atoms with Gasteiger partial charge in [-0.3, -0.25) is 0 Å². The van der Waals surface area contributed by atoms with Gasteiger partial charge in [0.05, 0.1) is 18.7 Å². The maximum Gasteiger partial charge on any atom is 0.101 e. The van der Waals surface area contributed by atoms with Crippen molar-refractivity contribution in [3.8, 4) is 6.07 Å². The average molecular weight is 124 g/mol. The number of rotatable bonds is 0. The summed E-state index contributed by atoms with van der Waals surface area (Å²) >= 11 is 0. The van der Waals surface area contributed by atoms with E-state index in [4.69, 9.17) is 5.26 Å². The molecule has 0 aromatic rings. The number of nitrogens with one attached hydrogen (secondary N) is 1. The molecule has 1 saturated heterocycles. The van der Waals surface area contributed by atoms with Crippen molar-refractivity contribution >= 4 is 0 Å². The number of hydrogen-bond donors (Lipinski definition) is 1. The Morgan fingerprint density at radius 2 is 2.44 bits per heavy atom. The first-order valence-corrected chi connectivity index (χ1v) is 3.33. The molecule has 1 heterocycles. The van der Waals surface area contributed by atoms with Crippen LogP contribution in [0.25, 0.3) is 0 Å². The molecule has 0 bridgehead atoms. The van der Waals surface area contributed by atoms with Crippen molar-refractivity contribution in [1.82, 2.24) is 0 Å². The lowest BCUT2D eigenvalue weighted by molar-refractivity contribution is -0.865. The predicted octanol–water partition coefficient (Wildman–Crippen LogP) is -0.405. The van der Waals surface area contributed by atoms with Crippen LogP contribution in [0, 0.1) is 24.3 Å². The molecule has 0 amide bonds. The fraction of sp³-hybridized carbons (Fsp3) is 0.714. The van der Waals surface area contributed by atoms with Crippen LogP contribution in [-0.2, 0) is 0 Å². The maximum atomic E-state index is 8.56. The second-order valence-corrected chi connectivity index (χ2v) is 2.72. The van der Waals surface area contributed by atoms with E-state index in [0.29, 0.717) is 6.04 Å². The molecule has 9 heavy (non-hydrogen) atoms. The van der Waals surface area contributed by atoms with E-state index in [0.717, 1.165) is 13.0 Å². The summed E-state index contributed by atoms with van der Waals surface area (Å²) in [7, 11) is 3.88. The minimum atomic E-state index is 0.248. The van der Waals surface area contributed by atoms with Gasteiger partial charge < -0.3 is 4.90 Å². The van der Waals surface area contributed by atoms with E-state index >= 15 is 0 Å². The zero-order valence-electron chi connectivity index (χ0n) is 5.72. The number of nitriles is 1. The van der Waals surface area contributed by atoms with E-state index in [-0.39, 0.29) is 5.92 Å². The highest BCUT2D eigenvalue weighted by Crippen LogP contribution is 2.08. The summed E-state index contributed by atoms with van der Waals surface area (Å²) in [6.45, 7) is 3.14. The third kappa shape index (κ3) is 1.06. The molecule has 0 spiro atoms. The molecule has 1 rings (SSSR count). The standard InChI is InChI=1S/C7H12N2/c1-6-7(5-8)3-4-9(6)2/h6-7,9H,2-4H2,1H3/t6-,7+/m0/s1. The topological polar surface area (TPSA) is 28.2 Å². The Kier molecular flexibility index (Phi) is 1.73. The Morgan fingerprint density at radius 1 is 1.78 bits per heavy atom. The number of nitrogens with zero attached hydrogens (tertiary/aromatic N) is 1. The van der Waals surface area contributed by atoms with Crippen molar-refractivity contribution in [3.63, 3.8) is 0 Å². The summed E-state index contributed by atoms with van der Waals surface area (Å²) in [4.78, 5) is 1.25. The summed E-state index contributed by atoms with van der Waals surface area (Å²) < 4.78 is 0. The third-order valence-corrected chi connectivity index (χ3v) is 2.19. The Labute approximate surface area is 56.1 Å². The lowest BCUT2D eigenvalue weighted by Gasteiger charge is -2.19. The van der Waals surface area contributed by atoms with Crippen molar-refractivity contribution in [2.24, 2.45) is 5.92 Å². The highest BCUT2D eigenvalue weighted by Gasteiger charge is 2.28. The van der Waals surface area contributed by atoms with Gasteiger partial charge in [-0.2, -0.15) is 12.3 Å². The van der Waals surface area contributed by atoms with Gasteiger partial charge in [0, 0.05) is 6.42 Å². The molecule has 2 heteroatoms. The van der Waals surface area contributed by atoms with E-state index in [9.17, 15) is 0 Å². The molecule has 1 fully saturated rings. The minimum absolute atomic E-state index is 0.248. The first-order chi connectivity index (χ1) is 4.25. The fourth-order valence-electron chi connectivity index (χ4n) is 1.28. The highest BCUT2D eigenvalue weighted by atomic mass is 15.1. The average Bonchev–Trinajstić information content (AvgIpc) is 2.15. The van der Waals surface area contributed by atoms with Crippen LogP contribution < -0.4 is 4.90 Å². The first-order valence-electron chi connectivity index (χ1n) is 3.33. The molecular weight excluding hydrogens is 112 g/mol. The molecule has 3 atom stereocenters. The lowest BCUT2D eigenvalue weighted by atomic mass is 10.0. The zero-order chi connectivity index (χ0) is 6.85. The van der Waals surface area contributed by atoms with Gasteiger partial charge in [-0.05, 0) is 6.92 Å². The fourth-order valence-corrected chi connectivity index (χ4v) is 1.28. The number of hydrogen-bond acceptors (Lipinski definition) is 1. The van der Waals surface area contributed by atoms with Crippen LogP contribution >= 0.6 is 0 Å². The van der Waals surface area contributed by atoms with E-state index in [2.05, 4.69) is 20.0 Å². The van der Waals surface area contributed by atoms with Crippen molar-refractivity contribution < 1.29 is 4.90 Å². The molecular formula is C7H12N2. The van der Waals surface area contributed by atoms with E-state index in [1.54, 1.807) is 0 Å². The summed E-state index contributed by atoms with van der Waals surface area (Å²) in [5.74, 6) is 0.248. The molecule has 50 valence electrons. The Morgan fingerprint density at radius 3 is 2.67 bits per heavy atom. The van der Waals surface area contributed by atoms with Crippen LogP contribution in [0.4, 0.5) is 0 Å². The van der Waals surface area contributed by atoms with Gasteiger partial charge in [-0.25, -0.2) is 0 Å². The molecule has 0 aromatic carbocycles. The molecule has 1 N–H and O–H groups in total. The van der Waals surface area contributed by atoms with Crippen LogP contribution in [-0.4, -0.2) is 12.6 Å². The lowest BCUT2D eigenvalue weighted by Crippen LogP contribution is -3.08. The third-order valence-electron chi connectivity index (χ3n) is 2.19. The Bertz CT molecular complexity index is 136. The maximum absolute atomic E-state index is 8.56. The monoisotopic (exact) mass is 124 g/mol. The normalized spacial score (nSPS) is 42.6. The largest absolute Gasteiger partial charge is 0.464 e. The smallest absolute Gasteiger partial charge is 0.101 e. The van der Waals surface area contributed by atoms with Crippen molar-refractivity contribution in [1.29, 1.82) is 5.26 Å². The van der Waals surface area contributed by atoms with E-state index in [1.165, 1.54) is 4.90 Å². The Balaban J connectivity index is 2.54. The van der Waals surface area contributed by atoms with Gasteiger partial charge in [-0.1, -0.05) is 0 Å². The minimum Gasteiger partial charge on any atom is -0.464 e. The summed E-state index contributed by atoms with van der Waals surface area (Å²) in [6, 6.07) is 2.72. The van der Waals surface area contributed by atoms with Crippen LogP contribution in [0.3, 0.4) is 0 Å². The molecule has 0 saturated carbocycles. The highest BCUT2D eigenvalue weighted by molar-refractivity contribution is 4.88. The van der Waals surface area contributed by atoms with Crippen LogP contribution in [0.5, 0.6) is 0 Å². The quantitative estimate of drug-likeness (QED) is 0.437. The predicted molar refractivity (Wildman–Crippen MR) is 34.4 cm³/mol. The molecule has 0 aromatic heterocycles. The van der Waals surface area contributed by atoms with Crippen molar-refractivity contribution in [3.05, 3.63) is 7.05 Å². The molecule has 1 unspecified atom stereocenters. The van der Waals surface area contributed by atoms with Crippen LogP contribution in [0.2, 0.25) is 0 Å². The molecule has 2 nitrogen and oxygen atoms in total. The van der Waals surface area contributed by atoms with Crippen LogP contribution in [0.15, 0.2) is 0 Å². The van der Waals surface area contributed by atoms with Gasteiger partial charge in [0.1, 0.15) is 5.92 Å². The zero-order valence-corrected chi connectivity index (χ0v) is 5.72. The Hall–Kier alpha value is -0.550. The van der Waals surface area contributed by atoms with Gasteiger partial charge in [0.2, 0.25) is 0 Å². The molecule has 1 aliphatic rings. The number of quaternary nitrogens is 1. The SMILES string of the molecule is [CH2-][NH+]1CC[C@H](C#N)[C@@H]1C. The number of likely N-dealkylation sites (tertiary alicyclic amines) is 1. The van der Waals surface area contributed by atoms with Gasteiger partial charge in [0.25, 0.3) is 0 Å². The molecule has 0 radical (unpaired) electrons.